The summed E-state index contributed by atoms with van der Waals surface area (Å²) in [6.45, 7) is -3.21. The molecule has 0 aliphatic carbocycles. The number of esters is 1. The molecule has 0 unspecified atom stereocenters. The van der Waals surface area contributed by atoms with Gasteiger partial charge in [-0.2, -0.15) is 8.78 Å². The molecule has 0 amide bonds. The molecule has 0 N–H and O–H groups in total. The summed E-state index contributed by atoms with van der Waals surface area (Å²) in [5.74, 6) is -0.904. The van der Waals surface area contributed by atoms with Crippen molar-refractivity contribution in [2.24, 2.45) is 0 Å². The van der Waals surface area contributed by atoms with Crippen molar-refractivity contribution in [1.29, 1.82) is 0 Å². The van der Waals surface area contributed by atoms with Crippen LogP contribution in [0.3, 0.4) is 0 Å². The minimum absolute atomic E-state index is 0.0459. The molecular formula is C23H16F2N2O3. The van der Waals surface area contributed by atoms with E-state index in [9.17, 15) is 18.4 Å². The van der Waals surface area contributed by atoms with Crippen LogP contribution >= 0.6 is 0 Å². The summed E-state index contributed by atoms with van der Waals surface area (Å²) in [6.07, 6.45) is 0. The SMILES string of the molecule is O=C(OCc1nc2ccccc2n1C(F)F)c1ccc(C(=O)c2ccccc2)cc1. The quantitative estimate of drug-likeness (QED) is 0.333. The number of aromatic nitrogens is 2. The molecular weight excluding hydrogens is 390 g/mol. The molecule has 4 rings (SSSR count). The lowest BCUT2D eigenvalue weighted by Crippen LogP contribution is -2.11. The van der Waals surface area contributed by atoms with Crippen LogP contribution in [0.2, 0.25) is 0 Å². The number of halogens is 2. The van der Waals surface area contributed by atoms with E-state index in [4.69, 9.17) is 4.74 Å². The summed E-state index contributed by atoms with van der Waals surface area (Å²) in [5.41, 5.74) is 1.84. The van der Waals surface area contributed by atoms with E-state index in [2.05, 4.69) is 4.98 Å². The van der Waals surface area contributed by atoms with Gasteiger partial charge in [-0.3, -0.25) is 9.36 Å². The lowest BCUT2D eigenvalue weighted by molar-refractivity contribution is 0.0387. The van der Waals surface area contributed by atoms with E-state index in [1.807, 2.05) is 6.07 Å². The Morgan fingerprint density at radius 2 is 1.43 bits per heavy atom. The Kier molecular flexibility index (Phi) is 5.34. The normalized spacial score (nSPS) is 11.0. The summed E-state index contributed by atoms with van der Waals surface area (Å²) in [7, 11) is 0. The average Bonchev–Trinajstić information content (AvgIpc) is 3.16. The maximum absolute atomic E-state index is 13.4. The summed E-state index contributed by atoms with van der Waals surface area (Å²) in [6, 6.07) is 21.2. The van der Waals surface area contributed by atoms with E-state index < -0.39 is 19.1 Å². The van der Waals surface area contributed by atoms with E-state index in [-0.39, 0.29) is 22.7 Å². The van der Waals surface area contributed by atoms with Crippen molar-refractivity contribution in [2.45, 2.75) is 13.2 Å². The second-order valence-electron chi connectivity index (χ2n) is 6.51. The molecule has 0 spiro atoms. The number of rotatable bonds is 6. The monoisotopic (exact) mass is 406 g/mol. The topological polar surface area (TPSA) is 61.2 Å². The number of fused-ring (bicyclic) bond motifs is 1. The number of carbonyl (C=O) groups is 2. The van der Waals surface area contributed by atoms with Crippen molar-refractivity contribution >= 4 is 22.8 Å². The van der Waals surface area contributed by atoms with Gasteiger partial charge >= 0.3 is 12.5 Å². The van der Waals surface area contributed by atoms with Crippen LogP contribution in [0, 0.1) is 0 Å². The third-order valence-corrected chi connectivity index (χ3v) is 4.62. The summed E-state index contributed by atoms with van der Waals surface area (Å²) in [5, 5.41) is 0. The van der Waals surface area contributed by atoms with Crippen LogP contribution in [0.15, 0.2) is 78.9 Å². The van der Waals surface area contributed by atoms with Gasteiger partial charge in [-0.25, -0.2) is 9.78 Å². The lowest BCUT2D eigenvalue weighted by atomic mass is 10.0. The number of hydrogen-bond donors (Lipinski definition) is 0. The molecule has 0 saturated carbocycles. The van der Waals surface area contributed by atoms with Gasteiger partial charge in [0.2, 0.25) is 0 Å². The van der Waals surface area contributed by atoms with Crippen molar-refractivity contribution in [3.63, 3.8) is 0 Å². The molecule has 0 bridgehead atoms. The molecule has 0 radical (unpaired) electrons. The van der Waals surface area contributed by atoms with Gasteiger partial charge in [0.25, 0.3) is 0 Å². The minimum Gasteiger partial charge on any atom is -0.454 e. The predicted octanol–water partition coefficient (Wildman–Crippen LogP) is 5.02. The number of nitrogens with zero attached hydrogens (tertiary/aromatic N) is 2. The first-order valence-corrected chi connectivity index (χ1v) is 9.15. The van der Waals surface area contributed by atoms with Crippen LogP contribution in [0.5, 0.6) is 0 Å². The van der Waals surface area contributed by atoms with Gasteiger partial charge in [-0.15, -0.1) is 0 Å². The fourth-order valence-electron chi connectivity index (χ4n) is 3.14. The number of ketones is 1. The van der Waals surface area contributed by atoms with Gasteiger partial charge in [0.1, 0.15) is 6.61 Å². The summed E-state index contributed by atoms with van der Waals surface area (Å²) < 4.78 is 32.8. The number of alkyl halides is 2. The van der Waals surface area contributed by atoms with Crippen LogP contribution in [0.25, 0.3) is 11.0 Å². The molecule has 1 heterocycles. The highest BCUT2D eigenvalue weighted by atomic mass is 19.3. The van der Waals surface area contributed by atoms with Crippen molar-refractivity contribution in [3.05, 3.63) is 101 Å². The van der Waals surface area contributed by atoms with Gasteiger partial charge in [-0.1, -0.05) is 54.6 Å². The molecule has 0 atom stereocenters. The fourth-order valence-corrected chi connectivity index (χ4v) is 3.14. The van der Waals surface area contributed by atoms with Crippen LogP contribution < -0.4 is 0 Å². The van der Waals surface area contributed by atoms with Crippen LogP contribution in [-0.4, -0.2) is 21.3 Å². The highest BCUT2D eigenvalue weighted by Crippen LogP contribution is 2.23. The van der Waals surface area contributed by atoms with Gasteiger partial charge in [-0.05, 0) is 24.3 Å². The first-order valence-electron chi connectivity index (χ1n) is 9.15. The van der Waals surface area contributed by atoms with Gasteiger partial charge in [0.15, 0.2) is 11.6 Å². The molecule has 7 heteroatoms. The maximum Gasteiger partial charge on any atom is 0.338 e. The largest absolute Gasteiger partial charge is 0.454 e. The Labute approximate surface area is 170 Å². The number of para-hydroxylation sites is 2. The number of hydrogen-bond acceptors (Lipinski definition) is 4. The summed E-state index contributed by atoms with van der Waals surface area (Å²) >= 11 is 0. The van der Waals surface area contributed by atoms with Crippen molar-refractivity contribution in [2.75, 3.05) is 0 Å². The van der Waals surface area contributed by atoms with E-state index in [0.29, 0.717) is 16.6 Å². The second-order valence-corrected chi connectivity index (χ2v) is 6.51. The van der Waals surface area contributed by atoms with E-state index in [1.54, 1.807) is 42.5 Å². The zero-order valence-corrected chi connectivity index (χ0v) is 15.7. The summed E-state index contributed by atoms with van der Waals surface area (Å²) in [4.78, 5) is 28.9. The molecule has 5 nitrogen and oxygen atoms in total. The molecule has 0 aliphatic heterocycles. The number of ether oxygens (including phenoxy) is 1. The zero-order valence-electron chi connectivity index (χ0n) is 15.7. The predicted molar refractivity (Wildman–Crippen MR) is 106 cm³/mol. The van der Waals surface area contributed by atoms with Crippen LogP contribution in [0.4, 0.5) is 8.78 Å². The maximum atomic E-state index is 13.4. The highest BCUT2D eigenvalue weighted by Gasteiger charge is 2.19. The smallest absolute Gasteiger partial charge is 0.338 e. The third kappa shape index (κ3) is 3.82. The molecule has 4 aromatic rings. The molecule has 0 saturated heterocycles. The van der Waals surface area contributed by atoms with E-state index in [1.165, 1.54) is 30.3 Å². The molecule has 3 aromatic carbocycles. The van der Waals surface area contributed by atoms with Crippen molar-refractivity contribution in [1.82, 2.24) is 9.55 Å². The highest BCUT2D eigenvalue weighted by molar-refractivity contribution is 6.09. The number of imidazole rings is 1. The fraction of sp³-hybridized carbons (Fsp3) is 0.0870. The van der Waals surface area contributed by atoms with Crippen LogP contribution in [0.1, 0.15) is 38.7 Å². The zero-order chi connectivity index (χ0) is 21.1. The Balaban J connectivity index is 1.48. The molecule has 0 fully saturated rings. The Hall–Kier alpha value is -3.87. The Morgan fingerprint density at radius 1 is 0.833 bits per heavy atom. The minimum atomic E-state index is -2.81. The first kappa shape index (κ1) is 19.4. The molecule has 150 valence electrons. The standard InChI is InChI=1S/C23H16F2N2O3/c24-23(25)27-19-9-5-4-8-18(19)26-20(27)14-30-22(29)17-12-10-16(11-13-17)21(28)15-6-2-1-3-7-15/h1-13,23H,14H2. The first-order chi connectivity index (χ1) is 14.5. The third-order valence-electron chi connectivity index (χ3n) is 4.62. The molecule has 0 aliphatic rings. The number of carbonyl (C=O) groups excluding carboxylic acids is 2. The van der Waals surface area contributed by atoms with Crippen LogP contribution in [-0.2, 0) is 11.3 Å². The lowest BCUT2D eigenvalue weighted by Gasteiger charge is -2.09. The number of benzene rings is 3. The van der Waals surface area contributed by atoms with Gasteiger partial charge in [0.05, 0.1) is 16.6 Å². The van der Waals surface area contributed by atoms with E-state index in [0.717, 1.165) is 4.57 Å². The molecule has 30 heavy (non-hydrogen) atoms. The average molecular weight is 406 g/mol. The van der Waals surface area contributed by atoms with Crippen molar-refractivity contribution in [3.8, 4) is 0 Å². The van der Waals surface area contributed by atoms with Gasteiger partial charge in [0, 0.05) is 11.1 Å². The second kappa shape index (κ2) is 8.24. The van der Waals surface area contributed by atoms with E-state index >= 15 is 0 Å². The van der Waals surface area contributed by atoms with Gasteiger partial charge < -0.3 is 4.74 Å². The van der Waals surface area contributed by atoms with Crippen molar-refractivity contribution < 1.29 is 23.1 Å². The Bertz CT molecular complexity index is 1200. The molecule has 1 aromatic heterocycles. The Morgan fingerprint density at radius 3 is 2.13 bits per heavy atom.